The van der Waals surface area contributed by atoms with Crippen LogP contribution in [0.2, 0.25) is 0 Å². The van der Waals surface area contributed by atoms with E-state index in [-0.39, 0.29) is 23.8 Å². The van der Waals surface area contributed by atoms with Gasteiger partial charge < -0.3 is 16.0 Å². The highest BCUT2D eigenvalue weighted by atomic mass is 16.2. The predicted molar refractivity (Wildman–Crippen MR) is 83.6 cm³/mol. The molecule has 0 saturated carbocycles. The largest absolute Gasteiger partial charge is 0.399 e. The highest BCUT2D eigenvalue weighted by Gasteiger charge is 2.37. The summed E-state index contributed by atoms with van der Waals surface area (Å²) in [5.74, 6) is 0.180. The standard InChI is InChI=1S/C16H23N3O2/c1-16(2,3)11-8-15(21)19(9-11)10-14(20)18-13-6-4-12(17)5-7-13/h4-7,11H,8-10,17H2,1-3H3,(H,18,20). The van der Waals surface area contributed by atoms with Crippen LogP contribution in [0.1, 0.15) is 27.2 Å². The summed E-state index contributed by atoms with van der Waals surface area (Å²) in [5.41, 5.74) is 7.02. The van der Waals surface area contributed by atoms with Crippen molar-refractivity contribution in [1.29, 1.82) is 0 Å². The van der Waals surface area contributed by atoms with Crippen molar-refractivity contribution in [3.63, 3.8) is 0 Å². The van der Waals surface area contributed by atoms with Gasteiger partial charge in [0.05, 0.1) is 6.54 Å². The van der Waals surface area contributed by atoms with Gasteiger partial charge in [0.25, 0.3) is 0 Å². The average Bonchev–Trinajstić information content (AvgIpc) is 2.74. The van der Waals surface area contributed by atoms with Gasteiger partial charge in [-0.05, 0) is 35.6 Å². The number of anilines is 2. The summed E-state index contributed by atoms with van der Waals surface area (Å²) >= 11 is 0. The van der Waals surface area contributed by atoms with Crippen molar-refractivity contribution < 1.29 is 9.59 Å². The van der Waals surface area contributed by atoms with Crippen molar-refractivity contribution in [1.82, 2.24) is 4.90 Å². The third kappa shape index (κ3) is 3.97. The Bertz CT molecular complexity index is 531. The van der Waals surface area contributed by atoms with E-state index in [1.807, 2.05) is 0 Å². The molecular weight excluding hydrogens is 266 g/mol. The van der Waals surface area contributed by atoms with Crippen molar-refractivity contribution >= 4 is 23.2 Å². The number of nitrogens with one attached hydrogen (secondary N) is 1. The van der Waals surface area contributed by atoms with Crippen LogP contribution < -0.4 is 11.1 Å². The molecule has 1 aliphatic heterocycles. The number of benzene rings is 1. The zero-order chi connectivity index (χ0) is 15.6. The summed E-state index contributed by atoms with van der Waals surface area (Å²) in [5, 5.41) is 2.78. The van der Waals surface area contributed by atoms with Gasteiger partial charge in [-0.2, -0.15) is 0 Å². The molecule has 21 heavy (non-hydrogen) atoms. The van der Waals surface area contributed by atoms with Crippen LogP contribution in [0.15, 0.2) is 24.3 Å². The number of hydrogen-bond acceptors (Lipinski definition) is 3. The van der Waals surface area contributed by atoms with Gasteiger partial charge in [0.1, 0.15) is 0 Å². The van der Waals surface area contributed by atoms with Gasteiger partial charge in [0.2, 0.25) is 11.8 Å². The van der Waals surface area contributed by atoms with E-state index in [2.05, 4.69) is 26.1 Å². The van der Waals surface area contributed by atoms with E-state index in [4.69, 9.17) is 5.73 Å². The number of amides is 2. The molecule has 0 aromatic heterocycles. The molecule has 0 aliphatic carbocycles. The Labute approximate surface area is 125 Å². The number of nitrogens with two attached hydrogens (primary N) is 1. The Morgan fingerprint density at radius 2 is 1.95 bits per heavy atom. The molecule has 1 atom stereocenters. The number of nitrogen functional groups attached to an aromatic ring is 1. The van der Waals surface area contributed by atoms with E-state index in [0.717, 1.165) is 0 Å². The maximum Gasteiger partial charge on any atom is 0.243 e. The third-order valence-corrected chi connectivity index (χ3v) is 3.97. The van der Waals surface area contributed by atoms with Crippen molar-refractivity contribution in [2.24, 2.45) is 11.3 Å². The summed E-state index contributed by atoms with van der Waals surface area (Å²) in [6.45, 7) is 7.14. The minimum Gasteiger partial charge on any atom is -0.399 e. The molecule has 114 valence electrons. The average molecular weight is 289 g/mol. The first kappa shape index (κ1) is 15.4. The van der Waals surface area contributed by atoms with E-state index < -0.39 is 0 Å². The number of hydrogen-bond donors (Lipinski definition) is 2. The van der Waals surface area contributed by atoms with Gasteiger partial charge >= 0.3 is 0 Å². The fourth-order valence-electron chi connectivity index (χ4n) is 2.45. The molecule has 0 bridgehead atoms. The Morgan fingerprint density at radius 1 is 1.33 bits per heavy atom. The first-order valence-corrected chi connectivity index (χ1v) is 7.19. The second kappa shape index (κ2) is 5.76. The number of carbonyl (C=O) groups is 2. The van der Waals surface area contributed by atoms with Crippen LogP contribution in [-0.4, -0.2) is 29.8 Å². The lowest BCUT2D eigenvalue weighted by atomic mass is 9.80. The Hall–Kier alpha value is -2.04. The fourth-order valence-corrected chi connectivity index (χ4v) is 2.45. The molecule has 2 amide bonds. The summed E-state index contributed by atoms with van der Waals surface area (Å²) in [7, 11) is 0. The second-order valence-electron chi connectivity index (χ2n) is 6.71. The SMILES string of the molecule is CC(C)(C)C1CC(=O)N(CC(=O)Nc2ccc(N)cc2)C1. The van der Waals surface area contributed by atoms with Crippen LogP contribution >= 0.6 is 0 Å². The van der Waals surface area contributed by atoms with E-state index in [1.54, 1.807) is 29.2 Å². The van der Waals surface area contributed by atoms with Gasteiger partial charge in [-0.3, -0.25) is 9.59 Å². The topological polar surface area (TPSA) is 75.4 Å². The van der Waals surface area contributed by atoms with Crippen molar-refractivity contribution in [3.8, 4) is 0 Å². The van der Waals surface area contributed by atoms with Crippen LogP contribution in [0.5, 0.6) is 0 Å². The Balaban J connectivity index is 1.91. The summed E-state index contributed by atoms with van der Waals surface area (Å²) in [6.07, 6.45) is 0.526. The van der Waals surface area contributed by atoms with Crippen LogP contribution in [-0.2, 0) is 9.59 Å². The van der Waals surface area contributed by atoms with E-state index in [0.29, 0.717) is 30.3 Å². The van der Waals surface area contributed by atoms with Crippen molar-refractivity contribution in [2.45, 2.75) is 27.2 Å². The quantitative estimate of drug-likeness (QED) is 0.837. The molecule has 5 nitrogen and oxygen atoms in total. The number of nitrogens with zero attached hydrogens (tertiary/aromatic N) is 1. The van der Waals surface area contributed by atoms with Gasteiger partial charge in [-0.25, -0.2) is 0 Å². The second-order valence-corrected chi connectivity index (χ2v) is 6.71. The summed E-state index contributed by atoms with van der Waals surface area (Å²) in [4.78, 5) is 25.7. The molecule has 2 rings (SSSR count). The van der Waals surface area contributed by atoms with Gasteiger partial charge in [-0.1, -0.05) is 20.8 Å². The lowest BCUT2D eigenvalue weighted by Crippen LogP contribution is -2.35. The lowest BCUT2D eigenvalue weighted by Gasteiger charge is -2.26. The van der Waals surface area contributed by atoms with Gasteiger partial charge in [0.15, 0.2) is 0 Å². The molecule has 5 heteroatoms. The van der Waals surface area contributed by atoms with Crippen LogP contribution in [0.25, 0.3) is 0 Å². The number of likely N-dealkylation sites (tertiary alicyclic amines) is 1. The summed E-state index contributed by atoms with van der Waals surface area (Å²) in [6, 6.07) is 6.95. The first-order chi connectivity index (χ1) is 9.75. The third-order valence-electron chi connectivity index (χ3n) is 3.97. The molecule has 1 saturated heterocycles. The first-order valence-electron chi connectivity index (χ1n) is 7.19. The molecule has 0 spiro atoms. The molecule has 3 N–H and O–H groups in total. The van der Waals surface area contributed by atoms with Gasteiger partial charge in [0, 0.05) is 24.3 Å². The van der Waals surface area contributed by atoms with E-state index in [9.17, 15) is 9.59 Å². The normalized spacial score (nSPS) is 18.9. The number of carbonyl (C=O) groups excluding carboxylic acids is 2. The molecule has 1 aliphatic rings. The van der Waals surface area contributed by atoms with Crippen LogP contribution in [0.4, 0.5) is 11.4 Å². The van der Waals surface area contributed by atoms with Gasteiger partial charge in [-0.15, -0.1) is 0 Å². The summed E-state index contributed by atoms with van der Waals surface area (Å²) < 4.78 is 0. The Morgan fingerprint density at radius 3 is 2.48 bits per heavy atom. The maximum atomic E-state index is 12.0. The zero-order valence-corrected chi connectivity index (χ0v) is 12.8. The minimum atomic E-state index is -0.178. The zero-order valence-electron chi connectivity index (χ0n) is 12.8. The number of rotatable bonds is 3. The van der Waals surface area contributed by atoms with E-state index >= 15 is 0 Å². The molecule has 1 unspecified atom stereocenters. The van der Waals surface area contributed by atoms with E-state index in [1.165, 1.54) is 0 Å². The maximum absolute atomic E-state index is 12.0. The highest BCUT2D eigenvalue weighted by Crippen LogP contribution is 2.34. The predicted octanol–water partition coefficient (Wildman–Crippen LogP) is 2.10. The van der Waals surface area contributed by atoms with Crippen LogP contribution in [0, 0.1) is 11.3 Å². The molecule has 1 heterocycles. The Kier molecular flexibility index (Phi) is 4.21. The molecule has 1 aromatic rings. The molecule has 1 aromatic carbocycles. The highest BCUT2D eigenvalue weighted by molar-refractivity contribution is 5.95. The van der Waals surface area contributed by atoms with Crippen molar-refractivity contribution in [3.05, 3.63) is 24.3 Å². The molecular formula is C16H23N3O2. The molecule has 1 fully saturated rings. The monoisotopic (exact) mass is 289 g/mol. The molecule has 0 radical (unpaired) electrons. The van der Waals surface area contributed by atoms with Crippen LogP contribution in [0.3, 0.4) is 0 Å². The fraction of sp³-hybridized carbons (Fsp3) is 0.500. The lowest BCUT2D eigenvalue weighted by molar-refractivity contribution is -0.131. The van der Waals surface area contributed by atoms with Crippen molar-refractivity contribution in [2.75, 3.05) is 24.1 Å². The minimum absolute atomic E-state index is 0.0578. The smallest absolute Gasteiger partial charge is 0.243 e.